The zero-order valence-corrected chi connectivity index (χ0v) is 12.7. The van der Waals surface area contributed by atoms with Gasteiger partial charge in [-0.05, 0) is 24.1 Å². The predicted octanol–water partition coefficient (Wildman–Crippen LogP) is 1.59. The van der Waals surface area contributed by atoms with Gasteiger partial charge in [0.25, 0.3) is 0 Å². The average Bonchev–Trinajstić information content (AvgIpc) is 2.83. The summed E-state index contributed by atoms with van der Waals surface area (Å²) < 4.78 is 4.90. The van der Waals surface area contributed by atoms with Crippen LogP contribution in [0.1, 0.15) is 18.4 Å². The summed E-state index contributed by atoms with van der Waals surface area (Å²) in [5, 5.41) is 3.45. The molecule has 6 heteroatoms. The van der Waals surface area contributed by atoms with Gasteiger partial charge in [-0.25, -0.2) is 0 Å². The van der Waals surface area contributed by atoms with Crippen LogP contribution in [-0.2, 0) is 20.9 Å². The van der Waals surface area contributed by atoms with Crippen molar-refractivity contribution in [2.45, 2.75) is 25.4 Å². The number of nitrogens with zero attached hydrogens (tertiary/aromatic N) is 1. The van der Waals surface area contributed by atoms with E-state index in [0.717, 1.165) is 5.56 Å². The molecule has 0 saturated carbocycles. The second-order valence-corrected chi connectivity index (χ2v) is 5.42. The van der Waals surface area contributed by atoms with Crippen molar-refractivity contribution in [2.24, 2.45) is 0 Å². The summed E-state index contributed by atoms with van der Waals surface area (Å²) in [6, 6.07) is 6.91. The van der Waals surface area contributed by atoms with E-state index < -0.39 is 6.04 Å². The quantitative estimate of drug-likeness (QED) is 0.812. The zero-order valence-electron chi connectivity index (χ0n) is 12.0. The predicted molar refractivity (Wildman–Crippen MR) is 79.9 cm³/mol. The van der Waals surface area contributed by atoms with E-state index in [-0.39, 0.29) is 11.8 Å². The molecule has 2 rings (SSSR count). The van der Waals surface area contributed by atoms with Crippen LogP contribution in [0.4, 0.5) is 0 Å². The van der Waals surface area contributed by atoms with Gasteiger partial charge in [-0.15, -0.1) is 0 Å². The van der Waals surface area contributed by atoms with E-state index >= 15 is 0 Å². The minimum Gasteiger partial charge on any atom is -0.383 e. The number of carbonyl (C=O) groups excluding carboxylic acids is 2. The normalized spacial score (nSPS) is 18.1. The van der Waals surface area contributed by atoms with Crippen LogP contribution < -0.4 is 5.32 Å². The molecule has 1 fully saturated rings. The number of amides is 2. The number of benzene rings is 1. The number of hydrogen-bond donors (Lipinski definition) is 1. The largest absolute Gasteiger partial charge is 0.383 e. The first-order valence-corrected chi connectivity index (χ1v) is 7.30. The van der Waals surface area contributed by atoms with Gasteiger partial charge in [0, 0.05) is 31.6 Å². The molecule has 2 amide bonds. The number of nitrogens with one attached hydrogen (secondary N) is 1. The van der Waals surface area contributed by atoms with Gasteiger partial charge in [0.2, 0.25) is 11.8 Å². The van der Waals surface area contributed by atoms with E-state index in [9.17, 15) is 9.59 Å². The molecule has 5 nitrogen and oxygen atoms in total. The molecule has 0 radical (unpaired) electrons. The SMILES string of the molecule is COCCNC(=O)[C@@H]1CCC(=O)N1Cc1ccc(Cl)cc1. The number of hydrogen-bond acceptors (Lipinski definition) is 3. The second-order valence-electron chi connectivity index (χ2n) is 4.99. The summed E-state index contributed by atoms with van der Waals surface area (Å²) in [4.78, 5) is 25.8. The highest BCUT2D eigenvalue weighted by Crippen LogP contribution is 2.22. The van der Waals surface area contributed by atoms with Gasteiger partial charge in [0.15, 0.2) is 0 Å². The number of carbonyl (C=O) groups is 2. The van der Waals surface area contributed by atoms with Crippen molar-refractivity contribution >= 4 is 23.4 Å². The molecule has 0 spiro atoms. The summed E-state index contributed by atoms with van der Waals surface area (Å²) in [5.41, 5.74) is 0.962. The van der Waals surface area contributed by atoms with Crippen LogP contribution in [0.15, 0.2) is 24.3 Å². The Morgan fingerprint density at radius 2 is 2.14 bits per heavy atom. The number of halogens is 1. The molecule has 1 atom stereocenters. The standard InChI is InChI=1S/C15H19ClN2O3/c1-21-9-8-17-15(20)13-6-7-14(19)18(13)10-11-2-4-12(16)5-3-11/h2-5,13H,6-10H2,1H3,(H,17,20)/t13-/m0/s1. The molecule has 1 heterocycles. The lowest BCUT2D eigenvalue weighted by molar-refractivity contribution is -0.135. The summed E-state index contributed by atoms with van der Waals surface area (Å²) in [6.07, 6.45) is 0.973. The van der Waals surface area contributed by atoms with Gasteiger partial charge < -0.3 is 15.0 Å². The number of methoxy groups -OCH3 is 1. The first-order valence-electron chi connectivity index (χ1n) is 6.92. The first-order chi connectivity index (χ1) is 10.1. The smallest absolute Gasteiger partial charge is 0.242 e. The second kappa shape index (κ2) is 7.43. The van der Waals surface area contributed by atoms with E-state index in [1.807, 2.05) is 12.1 Å². The fourth-order valence-electron chi connectivity index (χ4n) is 2.39. The van der Waals surface area contributed by atoms with Crippen LogP contribution in [0.25, 0.3) is 0 Å². The molecule has 21 heavy (non-hydrogen) atoms. The third-order valence-electron chi connectivity index (χ3n) is 3.50. The molecule has 1 saturated heterocycles. The minimum absolute atomic E-state index is 0.0110. The summed E-state index contributed by atoms with van der Waals surface area (Å²) in [6.45, 7) is 1.34. The molecule has 114 valence electrons. The van der Waals surface area contributed by atoms with Gasteiger partial charge in [0.1, 0.15) is 6.04 Å². The lowest BCUT2D eigenvalue weighted by Crippen LogP contribution is -2.45. The molecular weight excluding hydrogens is 292 g/mol. The molecule has 1 aromatic rings. The van der Waals surface area contributed by atoms with Crippen molar-refractivity contribution in [2.75, 3.05) is 20.3 Å². The van der Waals surface area contributed by atoms with Crippen LogP contribution in [0, 0.1) is 0 Å². The number of rotatable bonds is 6. The summed E-state index contributed by atoms with van der Waals surface area (Å²) >= 11 is 5.85. The molecule has 0 aliphatic carbocycles. The van der Waals surface area contributed by atoms with Gasteiger partial charge in [-0.3, -0.25) is 9.59 Å². The fourth-order valence-corrected chi connectivity index (χ4v) is 2.51. The summed E-state index contributed by atoms with van der Waals surface area (Å²) in [5.74, 6) is -0.108. The highest BCUT2D eigenvalue weighted by molar-refractivity contribution is 6.30. The maximum absolute atomic E-state index is 12.1. The average molecular weight is 311 g/mol. The fraction of sp³-hybridized carbons (Fsp3) is 0.467. The number of likely N-dealkylation sites (tertiary alicyclic amines) is 1. The van der Waals surface area contributed by atoms with Crippen LogP contribution in [-0.4, -0.2) is 43.0 Å². The minimum atomic E-state index is -0.398. The van der Waals surface area contributed by atoms with Gasteiger partial charge in [-0.2, -0.15) is 0 Å². The maximum Gasteiger partial charge on any atom is 0.242 e. The number of ether oxygens (including phenoxy) is 1. The van der Waals surface area contributed by atoms with E-state index in [4.69, 9.17) is 16.3 Å². The monoisotopic (exact) mass is 310 g/mol. The van der Waals surface area contributed by atoms with Crippen LogP contribution in [0.2, 0.25) is 5.02 Å². The Balaban J connectivity index is 1.99. The van der Waals surface area contributed by atoms with E-state index in [0.29, 0.717) is 37.6 Å². The highest BCUT2D eigenvalue weighted by atomic mass is 35.5. The molecular formula is C15H19ClN2O3. The van der Waals surface area contributed by atoms with Crippen LogP contribution in [0.3, 0.4) is 0 Å². The molecule has 0 aromatic heterocycles. The van der Waals surface area contributed by atoms with Crippen molar-refractivity contribution < 1.29 is 14.3 Å². The molecule has 1 aliphatic rings. The molecule has 1 aliphatic heterocycles. The third kappa shape index (κ3) is 4.19. The van der Waals surface area contributed by atoms with Crippen LogP contribution in [0.5, 0.6) is 0 Å². The van der Waals surface area contributed by atoms with E-state index in [1.54, 1.807) is 24.1 Å². The van der Waals surface area contributed by atoms with Crippen molar-refractivity contribution in [3.05, 3.63) is 34.9 Å². The maximum atomic E-state index is 12.1. The van der Waals surface area contributed by atoms with E-state index in [2.05, 4.69) is 5.32 Å². The Morgan fingerprint density at radius 1 is 1.43 bits per heavy atom. The topological polar surface area (TPSA) is 58.6 Å². The Labute approximate surface area is 129 Å². The Bertz CT molecular complexity index is 504. The van der Waals surface area contributed by atoms with E-state index in [1.165, 1.54) is 0 Å². The molecule has 1 N–H and O–H groups in total. The van der Waals surface area contributed by atoms with Crippen LogP contribution >= 0.6 is 11.6 Å². The van der Waals surface area contributed by atoms with Crippen molar-refractivity contribution in [3.8, 4) is 0 Å². The summed E-state index contributed by atoms with van der Waals surface area (Å²) in [7, 11) is 1.58. The molecule has 0 unspecified atom stereocenters. The zero-order chi connectivity index (χ0) is 15.2. The third-order valence-corrected chi connectivity index (χ3v) is 3.75. The van der Waals surface area contributed by atoms with Crippen molar-refractivity contribution in [3.63, 3.8) is 0 Å². The van der Waals surface area contributed by atoms with Gasteiger partial charge in [0.05, 0.1) is 6.61 Å². The van der Waals surface area contributed by atoms with Gasteiger partial charge in [-0.1, -0.05) is 23.7 Å². The van der Waals surface area contributed by atoms with Crippen molar-refractivity contribution in [1.29, 1.82) is 0 Å². The van der Waals surface area contributed by atoms with Crippen molar-refractivity contribution in [1.82, 2.24) is 10.2 Å². The lowest BCUT2D eigenvalue weighted by Gasteiger charge is -2.24. The molecule has 1 aromatic carbocycles. The first kappa shape index (κ1) is 15.8. The Kier molecular flexibility index (Phi) is 5.59. The Hall–Kier alpha value is -1.59. The Morgan fingerprint density at radius 3 is 2.81 bits per heavy atom. The highest BCUT2D eigenvalue weighted by Gasteiger charge is 2.35. The molecule has 0 bridgehead atoms. The van der Waals surface area contributed by atoms with Gasteiger partial charge >= 0.3 is 0 Å². The lowest BCUT2D eigenvalue weighted by atomic mass is 10.1.